The third kappa shape index (κ3) is 5.19. The number of ether oxygens (including phenoxy) is 3. The zero-order valence-corrected chi connectivity index (χ0v) is 14.3. The summed E-state index contributed by atoms with van der Waals surface area (Å²) in [7, 11) is 3.21. The summed E-state index contributed by atoms with van der Waals surface area (Å²) in [6.45, 7) is 2.45. The van der Waals surface area contributed by atoms with Crippen LogP contribution >= 0.6 is 0 Å². The van der Waals surface area contributed by atoms with Crippen molar-refractivity contribution in [3.05, 3.63) is 48.0 Å². The van der Waals surface area contributed by atoms with Gasteiger partial charge in [-0.2, -0.15) is 0 Å². The molecule has 0 aromatic heterocycles. The molecule has 5 nitrogen and oxygen atoms in total. The van der Waals surface area contributed by atoms with E-state index in [1.54, 1.807) is 14.2 Å². The molecular formula is C19H23NO4. The number of hydrogen-bond donors (Lipinski definition) is 1. The van der Waals surface area contributed by atoms with Crippen LogP contribution in [0.3, 0.4) is 0 Å². The molecule has 1 amide bonds. The van der Waals surface area contributed by atoms with Crippen molar-refractivity contribution in [3.8, 4) is 17.2 Å². The number of benzene rings is 2. The molecule has 5 heteroatoms. The molecule has 2 aromatic carbocycles. The van der Waals surface area contributed by atoms with Crippen molar-refractivity contribution < 1.29 is 19.0 Å². The maximum absolute atomic E-state index is 12.0. The Kier molecular flexibility index (Phi) is 6.49. The van der Waals surface area contributed by atoms with E-state index < -0.39 is 0 Å². The van der Waals surface area contributed by atoms with E-state index in [9.17, 15) is 4.79 Å². The Hall–Kier alpha value is -2.69. The van der Waals surface area contributed by atoms with Gasteiger partial charge in [0.15, 0.2) is 0 Å². The van der Waals surface area contributed by atoms with Crippen molar-refractivity contribution in [1.29, 1.82) is 0 Å². The van der Waals surface area contributed by atoms with Crippen LogP contribution in [0.4, 0.5) is 5.69 Å². The number of rotatable bonds is 8. The second kappa shape index (κ2) is 8.82. The highest BCUT2D eigenvalue weighted by Crippen LogP contribution is 2.25. The van der Waals surface area contributed by atoms with Crippen molar-refractivity contribution in [3.63, 3.8) is 0 Å². The summed E-state index contributed by atoms with van der Waals surface area (Å²) in [6, 6.07) is 13.0. The zero-order valence-electron chi connectivity index (χ0n) is 14.3. The SMILES string of the molecule is COc1ccc(OCCCC(=O)Nc2cc(C)ccc2OC)cc1. The fraction of sp³-hybridized carbons (Fsp3) is 0.316. The van der Waals surface area contributed by atoms with E-state index in [4.69, 9.17) is 14.2 Å². The molecule has 0 spiro atoms. The van der Waals surface area contributed by atoms with Crippen molar-refractivity contribution in [1.82, 2.24) is 0 Å². The molecule has 0 unspecified atom stereocenters. The Morgan fingerprint density at radius 2 is 1.71 bits per heavy atom. The molecule has 0 radical (unpaired) electrons. The van der Waals surface area contributed by atoms with Crippen LogP contribution in [-0.4, -0.2) is 26.7 Å². The van der Waals surface area contributed by atoms with Crippen LogP contribution in [0.25, 0.3) is 0 Å². The van der Waals surface area contributed by atoms with Crippen molar-refractivity contribution >= 4 is 11.6 Å². The monoisotopic (exact) mass is 329 g/mol. The quantitative estimate of drug-likeness (QED) is 0.748. The summed E-state index contributed by atoms with van der Waals surface area (Å²) in [5.41, 5.74) is 1.76. The highest BCUT2D eigenvalue weighted by atomic mass is 16.5. The first-order valence-electron chi connectivity index (χ1n) is 7.83. The molecular weight excluding hydrogens is 306 g/mol. The summed E-state index contributed by atoms with van der Waals surface area (Å²) in [6.07, 6.45) is 1.01. The molecule has 0 heterocycles. The molecule has 0 aliphatic rings. The van der Waals surface area contributed by atoms with E-state index in [0.717, 1.165) is 17.1 Å². The molecule has 1 N–H and O–H groups in total. The molecule has 0 atom stereocenters. The number of hydrogen-bond acceptors (Lipinski definition) is 4. The lowest BCUT2D eigenvalue weighted by atomic mass is 10.2. The molecule has 0 aliphatic heterocycles. The summed E-state index contributed by atoms with van der Waals surface area (Å²) in [4.78, 5) is 12.0. The predicted octanol–water partition coefficient (Wildman–Crippen LogP) is 3.81. The normalized spacial score (nSPS) is 10.1. The molecule has 2 aromatic rings. The van der Waals surface area contributed by atoms with Gasteiger partial charge in [-0.1, -0.05) is 6.07 Å². The fourth-order valence-electron chi connectivity index (χ4n) is 2.23. The van der Waals surface area contributed by atoms with Gasteiger partial charge in [0.2, 0.25) is 5.91 Å². The largest absolute Gasteiger partial charge is 0.497 e. The van der Waals surface area contributed by atoms with Crippen molar-refractivity contribution in [2.45, 2.75) is 19.8 Å². The number of anilines is 1. The molecule has 128 valence electrons. The number of amides is 1. The highest BCUT2D eigenvalue weighted by Gasteiger charge is 2.08. The summed E-state index contributed by atoms with van der Waals surface area (Å²) < 4.78 is 16.0. The third-order valence-corrected chi connectivity index (χ3v) is 3.51. The minimum absolute atomic E-state index is 0.0581. The van der Waals surface area contributed by atoms with Crippen molar-refractivity contribution in [2.75, 3.05) is 26.1 Å². The Morgan fingerprint density at radius 3 is 2.38 bits per heavy atom. The van der Waals surface area contributed by atoms with Gasteiger partial charge >= 0.3 is 0 Å². The van der Waals surface area contributed by atoms with Crippen LogP contribution in [0, 0.1) is 6.92 Å². The van der Waals surface area contributed by atoms with Crippen LogP contribution in [0.2, 0.25) is 0 Å². The molecule has 0 saturated carbocycles. The zero-order chi connectivity index (χ0) is 17.4. The van der Waals surface area contributed by atoms with Gasteiger partial charge in [0.1, 0.15) is 17.2 Å². The van der Waals surface area contributed by atoms with Crippen LogP contribution in [0.1, 0.15) is 18.4 Å². The third-order valence-electron chi connectivity index (χ3n) is 3.51. The Balaban J connectivity index is 1.76. The molecule has 0 aliphatic carbocycles. The average molecular weight is 329 g/mol. The van der Waals surface area contributed by atoms with E-state index in [2.05, 4.69) is 5.32 Å². The maximum atomic E-state index is 12.0. The lowest BCUT2D eigenvalue weighted by Crippen LogP contribution is -2.13. The summed E-state index contributed by atoms with van der Waals surface area (Å²) in [5.74, 6) is 2.14. The van der Waals surface area contributed by atoms with Gasteiger partial charge in [-0.15, -0.1) is 0 Å². The van der Waals surface area contributed by atoms with Gasteiger partial charge < -0.3 is 19.5 Å². The lowest BCUT2D eigenvalue weighted by molar-refractivity contribution is -0.116. The van der Waals surface area contributed by atoms with Gasteiger partial charge in [0.25, 0.3) is 0 Å². The molecule has 0 saturated heterocycles. The smallest absolute Gasteiger partial charge is 0.224 e. The average Bonchev–Trinajstić information content (AvgIpc) is 2.59. The first kappa shape index (κ1) is 17.7. The van der Waals surface area contributed by atoms with Crippen LogP contribution in [0.5, 0.6) is 17.2 Å². The van der Waals surface area contributed by atoms with E-state index in [0.29, 0.717) is 30.9 Å². The van der Waals surface area contributed by atoms with Crippen LogP contribution in [-0.2, 0) is 4.79 Å². The number of aryl methyl sites for hydroxylation is 1. The van der Waals surface area contributed by atoms with Gasteiger partial charge in [-0.05, 0) is 55.3 Å². The molecule has 0 bridgehead atoms. The fourth-order valence-corrected chi connectivity index (χ4v) is 2.23. The Bertz CT molecular complexity index is 668. The number of carbonyl (C=O) groups excluding carboxylic acids is 1. The van der Waals surface area contributed by atoms with Gasteiger partial charge in [0.05, 0.1) is 26.5 Å². The standard InChI is InChI=1S/C19H23NO4/c1-14-6-11-18(23-3)17(13-14)20-19(21)5-4-12-24-16-9-7-15(22-2)8-10-16/h6-11,13H,4-5,12H2,1-3H3,(H,20,21). The molecule has 2 rings (SSSR count). The minimum atomic E-state index is -0.0581. The van der Waals surface area contributed by atoms with E-state index in [1.165, 1.54) is 0 Å². The second-order valence-electron chi connectivity index (χ2n) is 5.38. The molecule has 24 heavy (non-hydrogen) atoms. The summed E-state index contributed by atoms with van der Waals surface area (Å²) >= 11 is 0. The van der Waals surface area contributed by atoms with Crippen molar-refractivity contribution in [2.24, 2.45) is 0 Å². The lowest BCUT2D eigenvalue weighted by Gasteiger charge is -2.11. The van der Waals surface area contributed by atoms with Crippen LogP contribution < -0.4 is 19.5 Å². The van der Waals surface area contributed by atoms with Crippen LogP contribution in [0.15, 0.2) is 42.5 Å². The molecule has 0 fully saturated rings. The maximum Gasteiger partial charge on any atom is 0.224 e. The minimum Gasteiger partial charge on any atom is -0.497 e. The van der Waals surface area contributed by atoms with Gasteiger partial charge in [-0.25, -0.2) is 0 Å². The van der Waals surface area contributed by atoms with E-state index in [1.807, 2.05) is 49.4 Å². The number of methoxy groups -OCH3 is 2. The first-order valence-corrected chi connectivity index (χ1v) is 7.83. The second-order valence-corrected chi connectivity index (χ2v) is 5.38. The van der Waals surface area contributed by atoms with Gasteiger partial charge in [0, 0.05) is 6.42 Å². The highest BCUT2D eigenvalue weighted by molar-refractivity contribution is 5.92. The predicted molar refractivity (Wildman–Crippen MR) is 94.1 cm³/mol. The number of nitrogens with one attached hydrogen (secondary N) is 1. The Morgan fingerprint density at radius 1 is 1.00 bits per heavy atom. The van der Waals surface area contributed by atoms with E-state index in [-0.39, 0.29) is 5.91 Å². The van der Waals surface area contributed by atoms with E-state index >= 15 is 0 Å². The number of carbonyl (C=O) groups is 1. The Labute approximate surface area is 142 Å². The topological polar surface area (TPSA) is 56.8 Å². The first-order chi connectivity index (χ1) is 11.6. The van der Waals surface area contributed by atoms with Gasteiger partial charge in [-0.3, -0.25) is 4.79 Å². The summed E-state index contributed by atoms with van der Waals surface area (Å²) in [5, 5.41) is 2.88.